The van der Waals surface area contributed by atoms with Crippen LogP contribution in [0, 0.1) is 12.8 Å². The molecule has 0 bridgehead atoms. The second-order valence-corrected chi connectivity index (χ2v) is 7.91. The molecule has 3 rings (SSSR count). The quantitative estimate of drug-likeness (QED) is 0.856. The average molecular weight is 310 g/mol. The van der Waals surface area contributed by atoms with E-state index in [1.54, 1.807) is 7.05 Å². The predicted octanol–water partition coefficient (Wildman–Crippen LogP) is 2.17. The van der Waals surface area contributed by atoms with Gasteiger partial charge in [-0.15, -0.1) is 0 Å². The fourth-order valence-corrected chi connectivity index (χ4v) is 4.39. The van der Waals surface area contributed by atoms with Crippen LogP contribution in [0.3, 0.4) is 0 Å². The van der Waals surface area contributed by atoms with Gasteiger partial charge in [-0.05, 0) is 50.3 Å². The van der Waals surface area contributed by atoms with E-state index in [9.17, 15) is 8.42 Å². The average Bonchev–Trinajstić information content (AvgIpc) is 3.29. The second-order valence-electron chi connectivity index (χ2n) is 5.99. The van der Waals surface area contributed by atoms with Crippen molar-refractivity contribution in [2.45, 2.75) is 32.7 Å². The van der Waals surface area contributed by atoms with E-state index in [0.717, 1.165) is 18.4 Å². The summed E-state index contributed by atoms with van der Waals surface area (Å²) < 4.78 is 34.4. The Bertz CT molecular complexity index is 640. The normalized spacial score (nSPS) is 20.1. The van der Waals surface area contributed by atoms with Crippen LogP contribution in [-0.2, 0) is 10.2 Å². The Morgan fingerprint density at radius 3 is 2.76 bits per heavy atom. The summed E-state index contributed by atoms with van der Waals surface area (Å²) in [6.07, 6.45) is 2.25. The number of ether oxygens (including phenoxy) is 1. The summed E-state index contributed by atoms with van der Waals surface area (Å²) >= 11 is 0. The monoisotopic (exact) mass is 310 g/mol. The van der Waals surface area contributed by atoms with Crippen LogP contribution in [0.1, 0.15) is 25.3 Å². The molecule has 0 N–H and O–H groups in total. The van der Waals surface area contributed by atoms with Crippen molar-refractivity contribution in [2.75, 3.05) is 24.5 Å². The van der Waals surface area contributed by atoms with E-state index >= 15 is 0 Å². The number of benzene rings is 1. The van der Waals surface area contributed by atoms with E-state index in [4.69, 9.17) is 4.74 Å². The van der Waals surface area contributed by atoms with Crippen LogP contribution in [0.4, 0.5) is 5.69 Å². The van der Waals surface area contributed by atoms with E-state index in [1.807, 2.05) is 32.0 Å². The maximum atomic E-state index is 12.9. The summed E-state index contributed by atoms with van der Waals surface area (Å²) in [4.78, 5) is 0. The summed E-state index contributed by atoms with van der Waals surface area (Å²) in [6, 6.07) is 5.69. The van der Waals surface area contributed by atoms with Gasteiger partial charge in [0.2, 0.25) is 0 Å². The van der Waals surface area contributed by atoms with Crippen LogP contribution in [0.15, 0.2) is 18.2 Å². The Hall–Kier alpha value is -1.27. The Labute approximate surface area is 126 Å². The van der Waals surface area contributed by atoms with Crippen molar-refractivity contribution in [3.05, 3.63) is 23.8 Å². The molecule has 0 saturated heterocycles. The smallest absolute Gasteiger partial charge is 0.304 e. The Morgan fingerprint density at radius 1 is 1.38 bits per heavy atom. The third-order valence-corrected chi connectivity index (χ3v) is 6.45. The molecule has 5 nitrogen and oxygen atoms in total. The molecule has 1 aromatic rings. The maximum Gasteiger partial charge on any atom is 0.304 e. The summed E-state index contributed by atoms with van der Waals surface area (Å²) in [6.45, 7) is 4.71. The van der Waals surface area contributed by atoms with E-state index < -0.39 is 10.2 Å². The van der Waals surface area contributed by atoms with Crippen molar-refractivity contribution in [3.63, 3.8) is 0 Å². The zero-order chi connectivity index (χ0) is 15.2. The fourth-order valence-electron chi connectivity index (χ4n) is 2.78. The van der Waals surface area contributed by atoms with Crippen molar-refractivity contribution in [3.8, 4) is 5.75 Å². The van der Waals surface area contributed by atoms with Gasteiger partial charge in [-0.3, -0.25) is 4.31 Å². The zero-order valence-electron chi connectivity index (χ0n) is 12.7. The van der Waals surface area contributed by atoms with Crippen molar-refractivity contribution in [1.82, 2.24) is 4.31 Å². The third-order valence-electron chi connectivity index (χ3n) is 4.46. The number of anilines is 1. The molecule has 6 heteroatoms. The molecule has 2 aliphatic rings. The summed E-state index contributed by atoms with van der Waals surface area (Å²) in [5.41, 5.74) is 1.70. The molecule has 1 aliphatic heterocycles. The van der Waals surface area contributed by atoms with E-state index in [1.165, 1.54) is 8.61 Å². The molecule has 1 heterocycles. The summed E-state index contributed by atoms with van der Waals surface area (Å²) in [5, 5.41) is 0. The SMILES string of the molecule is Cc1ccc2c(c1)OCCN2S(=O)(=O)N(C)[C@H](C)C1CC1. The topological polar surface area (TPSA) is 49.9 Å². The lowest BCUT2D eigenvalue weighted by Crippen LogP contribution is -2.49. The molecule has 0 radical (unpaired) electrons. The van der Waals surface area contributed by atoms with Gasteiger partial charge in [-0.1, -0.05) is 6.07 Å². The highest BCUT2D eigenvalue weighted by Gasteiger charge is 2.39. The van der Waals surface area contributed by atoms with E-state index in [0.29, 0.717) is 30.5 Å². The lowest BCUT2D eigenvalue weighted by atomic mass is 10.2. The first-order chi connectivity index (χ1) is 9.91. The van der Waals surface area contributed by atoms with Crippen LogP contribution in [0.25, 0.3) is 0 Å². The molecule has 116 valence electrons. The maximum absolute atomic E-state index is 12.9. The third kappa shape index (κ3) is 2.62. The van der Waals surface area contributed by atoms with Crippen molar-refractivity contribution < 1.29 is 13.2 Å². The Morgan fingerprint density at radius 2 is 2.10 bits per heavy atom. The first-order valence-electron chi connectivity index (χ1n) is 7.40. The number of hydrogen-bond donors (Lipinski definition) is 0. The van der Waals surface area contributed by atoms with Gasteiger partial charge in [-0.2, -0.15) is 12.7 Å². The molecule has 21 heavy (non-hydrogen) atoms. The Balaban J connectivity index is 1.93. The van der Waals surface area contributed by atoms with Crippen LogP contribution in [0.5, 0.6) is 5.75 Å². The van der Waals surface area contributed by atoms with Crippen molar-refractivity contribution in [2.24, 2.45) is 5.92 Å². The van der Waals surface area contributed by atoms with Gasteiger partial charge >= 0.3 is 10.2 Å². The summed E-state index contributed by atoms with van der Waals surface area (Å²) in [5.74, 6) is 1.15. The van der Waals surface area contributed by atoms with Crippen molar-refractivity contribution >= 4 is 15.9 Å². The highest BCUT2D eigenvalue weighted by Crippen LogP contribution is 2.38. The molecule has 1 atom stereocenters. The number of nitrogens with zero attached hydrogens (tertiary/aromatic N) is 2. The van der Waals surface area contributed by atoms with Gasteiger partial charge in [0.05, 0.1) is 12.2 Å². The van der Waals surface area contributed by atoms with Gasteiger partial charge in [0.1, 0.15) is 12.4 Å². The first kappa shape index (κ1) is 14.7. The molecule has 0 unspecified atom stereocenters. The van der Waals surface area contributed by atoms with Gasteiger partial charge in [0.25, 0.3) is 0 Å². The molecule has 1 saturated carbocycles. The van der Waals surface area contributed by atoms with Crippen LogP contribution in [-0.4, -0.2) is 39.0 Å². The van der Waals surface area contributed by atoms with Gasteiger partial charge in [0.15, 0.2) is 0 Å². The summed E-state index contributed by atoms with van der Waals surface area (Å²) in [7, 11) is -1.82. The minimum Gasteiger partial charge on any atom is -0.489 e. The number of aryl methyl sites for hydroxylation is 1. The molecule has 0 aromatic heterocycles. The molecule has 0 amide bonds. The first-order valence-corrected chi connectivity index (χ1v) is 8.80. The number of fused-ring (bicyclic) bond motifs is 1. The second kappa shape index (κ2) is 5.18. The van der Waals surface area contributed by atoms with Crippen molar-refractivity contribution in [1.29, 1.82) is 0 Å². The number of hydrogen-bond acceptors (Lipinski definition) is 3. The van der Waals surface area contributed by atoms with Crippen LogP contribution < -0.4 is 9.04 Å². The Kier molecular flexibility index (Phi) is 3.61. The fraction of sp³-hybridized carbons (Fsp3) is 0.600. The molecule has 1 aliphatic carbocycles. The highest BCUT2D eigenvalue weighted by molar-refractivity contribution is 7.90. The van der Waals surface area contributed by atoms with Gasteiger partial charge < -0.3 is 4.74 Å². The lowest BCUT2D eigenvalue weighted by molar-refractivity contribution is 0.309. The van der Waals surface area contributed by atoms with Crippen LogP contribution >= 0.6 is 0 Å². The molecule has 1 aromatic carbocycles. The standard InChI is InChI=1S/C15H22N2O3S/c1-11-4-7-14-15(10-11)20-9-8-17(14)21(18,19)16(3)12(2)13-5-6-13/h4,7,10,12-13H,5-6,8-9H2,1-3H3/t12-/m1/s1. The largest absolute Gasteiger partial charge is 0.489 e. The highest BCUT2D eigenvalue weighted by atomic mass is 32.2. The van der Waals surface area contributed by atoms with E-state index in [-0.39, 0.29) is 6.04 Å². The minimum atomic E-state index is -3.51. The van der Waals surface area contributed by atoms with Crippen LogP contribution in [0.2, 0.25) is 0 Å². The number of rotatable bonds is 4. The minimum absolute atomic E-state index is 0.0479. The molecule has 0 spiro atoms. The zero-order valence-corrected chi connectivity index (χ0v) is 13.6. The van der Waals surface area contributed by atoms with Gasteiger partial charge in [0, 0.05) is 13.1 Å². The molecule has 1 fully saturated rings. The lowest BCUT2D eigenvalue weighted by Gasteiger charge is -2.35. The van der Waals surface area contributed by atoms with E-state index in [2.05, 4.69) is 0 Å². The van der Waals surface area contributed by atoms with Gasteiger partial charge in [-0.25, -0.2) is 0 Å². The predicted molar refractivity (Wildman–Crippen MR) is 82.9 cm³/mol. The molecular weight excluding hydrogens is 288 g/mol. The molecular formula is C15H22N2O3S.